The van der Waals surface area contributed by atoms with Crippen molar-refractivity contribution in [1.29, 1.82) is 0 Å². The second-order valence-electron chi connectivity index (χ2n) is 5.26. The van der Waals surface area contributed by atoms with Crippen LogP contribution in [0.2, 0.25) is 5.02 Å². The van der Waals surface area contributed by atoms with Crippen molar-refractivity contribution in [3.63, 3.8) is 0 Å². The van der Waals surface area contributed by atoms with Crippen molar-refractivity contribution in [2.24, 2.45) is 11.7 Å². The Bertz CT molecular complexity index is 461. The summed E-state index contributed by atoms with van der Waals surface area (Å²) in [6.45, 7) is 2.27. The average molecular weight is 297 g/mol. The normalized spacial score (nSPS) is 23.1. The van der Waals surface area contributed by atoms with Crippen molar-refractivity contribution in [3.8, 4) is 0 Å². The molecule has 1 aromatic carbocycles. The first-order chi connectivity index (χ1) is 9.11. The van der Waals surface area contributed by atoms with E-state index in [1.807, 2.05) is 18.2 Å². The van der Waals surface area contributed by atoms with Crippen LogP contribution in [0.25, 0.3) is 0 Å². The van der Waals surface area contributed by atoms with E-state index in [1.54, 1.807) is 0 Å². The fourth-order valence-corrected chi connectivity index (χ4v) is 3.42. The number of benzene rings is 1. The Morgan fingerprint density at radius 1 is 1.42 bits per heavy atom. The molecule has 1 aliphatic rings. The Morgan fingerprint density at radius 3 is 2.79 bits per heavy atom. The molecule has 2 rings (SSSR count). The second kappa shape index (κ2) is 6.58. The smallest absolute Gasteiger partial charge is 0.105 e. The van der Waals surface area contributed by atoms with Crippen molar-refractivity contribution in [3.05, 3.63) is 28.8 Å². The molecule has 2 nitrogen and oxygen atoms in total. The van der Waals surface area contributed by atoms with Gasteiger partial charge in [0.1, 0.15) is 4.99 Å². The summed E-state index contributed by atoms with van der Waals surface area (Å²) in [4.78, 5) is 0.348. The van der Waals surface area contributed by atoms with Crippen LogP contribution in [-0.2, 0) is 0 Å². The first kappa shape index (κ1) is 14.6. The minimum Gasteiger partial charge on any atom is -0.389 e. The van der Waals surface area contributed by atoms with E-state index in [1.165, 1.54) is 32.1 Å². The molecule has 19 heavy (non-hydrogen) atoms. The molecule has 0 heterocycles. The minimum atomic E-state index is 0.348. The maximum atomic E-state index is 6.20. The Kier molecular flexibility index (Phi) is 5.06. The van der Waals surface area contributed by atoms with Gasteiger partial charge in [-0.15, -0.1) is 0 Å². The Hall–Kier alpha value is -0.800. The third kappa shape index (κ3) is 3.61. The molecule has 1 aromatic rings. The Balaban J connectivity index is 2.10. The molecule has 0 amide bonds. The lowest BCUT2D eigenvalue weighted by molar-refractivity contribution is 0.317. The molecule has 0 radical (unpaired) electrons. The first-order valence-corrected chi connectivity index (χ1v) is 7.76. The van der Waals surface area contributed by atoms with Gasteiger partial charge < -0.3 is 11.1 Å². The fourth-order valence-electron chi connectivity index (χ4n) is 2.91. The van der Waals surface area contributed by atoms with Gasteiger partial charge in [0.05, 0.1) is 5.02 Å². The number of halogens is 1. The molecule has 4 heteroatoms. The predicted molar refractivity (Wildman–Crippen MR) is 87.0 cm³/mol. The van der Waals surface area contributed by atoms with Crippen LogP contribution in [0.4, 0.5) is 5.69 Å². The lowest BCUT2D eigenvalue weighted by Crippen LogP contribution is -2.31. The number of thiocarbonyl (C=S) groups is 1. The van der Waals surface area contributed by atoms with Crippen molar-refractivity contribution in [2.45, 2.75) is 45.1 Å². The topological polar surface area (TPSA) is 38.0 Å². The van der Waals surface area contributed by atoms with E-state index in [2.05, 4.69) is 12.2 Å². The van der Waals surface area contributed by atoms with Crippen molar-refractivity contribution >= 4 is 34.5 Å². The number of rotatable bonds is 4. The van der Waals surface area contributed by atoms with E-state index in [0.29, 0.717) is 16.1 Å². The average Bonchev–Trinajstić information content (AvgIpc) is 2.39. The molecule has 2 unspecified atom stereocenters. The van der Waals surface area contributed by atoms with Gasteiger partial charge in [0, 0.05) is 17.3 Å². The van der Waals surface area contributed by atoms with E-state index in [-0.39, 0.29) is 0 Å². The second-order valence-corrected chi connectivity index (χ2v) is 6.11. The van der Waals surface area contributed by atoms with E-state index in [9.17, 15) is 0 Å². The van der Waals surface area contributed by atoms with E-state index in [4.69, 9.17) is 29.6 Å². The van der Waals surface area contributed by atoms with Crippen LogP contribution in [0.5, 0.6) is 0 Å². The first-order valence-electron chi connectivity index (χ1n) is 6.97. The van der Waals surface area contributed by atoms with Gasteiger partial charge in [0.2, 0.25) is 0 Å². The molecule has 0 saturated heterocycles. The van der Waals surface area contributed by atoms with Crippen molar-refractivity contribution < 1.29 is 0 Å². The molecule has 1 fully saturated rings. The zero-order chi connectivity index (χ0) is 13.8. The molecule has 1 aliphatic carbocycles. The SMILES string of the molecule is CCC1CCCCC1Nc1ccc(C(N)=S)c(Cl)c1. The number of anilines is 1. The highest BCUT2D eigenvalue weighted by Gasteiger charge is 2.23. The van der Waals surface area contributed by atoms with Crippen LogP contribution in [0, 0.1) is 5.92 Å². The largest absolute Gasteiger partial charge is 0.389 e. The fraction of sp³-hybridized carbons (Fsp3) is 0.533. The van der Waals surface area contributed by atoms with Crippen LogP contribution in [0.1, 0.15) is 44.6 Å². The zero-order valence-corrected chi connectivity index (χ0v) is 12.9. The quantitative estimate of drug-likeness (QED) is 0.811. The van der Waals surface area contributed by atoms with Gasteiger partial charge in [-0.05, 0) is 37.0 Å². The van der Waals surface area contributed by atoms with Crippen molar-refractivity contribution in [2.75, 3.05) is 5.32 Å². The van der Waals surface area contributed by atoms with Gasteiger partial charge in [-0.2, -0.15) is 0 Å². The molecular formula is C15H21ClN2S. The summed E-state index contributed by atoms with van der Waals surface area (Å²) in [5, 5.41) is 4.25. The summed E-state index contributed by atoms with van der Waals surface area (Å²) >= 11 is 11.2. The van der Waals surface area contributed by atoms with Gasteiger partial charge in [0.25, 0.3) is 0 Å². The maximum absolute atomic E-state index is 6.20. The van der Waals surface area contributed by atoms with Gasteiger partial charge in [-0.1, -0.05) is 50.0 Å². The molecule has 1 saturated carbocycles. The standard InChI is InChI=1S/C15H21ClN2S/c1-2-10-5-3-4-6-14(10)18-11-7-8-12(15(17)19)13(16)9-11/h7-10,14,18H,2-6H2,1H3,(H2,17,19). The van der Waals surface area contributed by atoms with Gasteiger partial charge in [-0.25, -0.2) is 0 Å². The van der Waals surface area contributed by atoms with Gasteiger partial charge >= 0.3 is 0 Å². The summed E-state index contributed by atoms with van der Waals surface area (Å²) in [5.74, 6) is 0.766. The zero-order valence-electron chi connectivity index (χ0n) is 11.3. The summed E-state index contributed by atoms with van der Waals surface area (Å²) in [6, 6.07) is 6.40. The monoisotopic (exact) mass is 296 g/mol. The molecule has 0 spiro atoms. The molecular weight excluding hydrogens is 276 g/mol. The lowest BCUT2D eigenvalue weighted by atomic mass is 9.83. The van der Waals surface area contributed by atoms with Gasteiger partial charge in [-0.3, -0.25) is 0 Å². The molecule has 0 aliphatic heterocycles. The summed E-state index contributed by atoms with van der Waals surface area (Å²) in [6.07, 6.45) is 6.47. The number of nitrogens with two attached hydrogens (primary N) is 1. The molecule has 0 aromatic heterocycles. The van der Waals surface area contributed by atoms with Crippen molar-refractivity contribution in [1.82, 2.24) is 0 Å². The number of hydrogen-bond donors (Lipinski definition) is 2. The van der Waals surface area contributed by atoms with E-state index >= 15 is 0 Å². The predicted octanol–water partition coefficient (Wildman–Crippen LogP) is 4.35. The molecule has 3 N–H and O–H groups in total. The highest BCUT2D eigenvalue weighted by Crippen LogP contribution is 2.30. The summed E-state index contributed by atoms with van der Waals surface area (Å²) in [5.41, 5.74) is 7.43. The Labute approximate surface area is 125 Å². The highest BCUT2D eigenvalue weighted by molar-refractivity contribution is 7.80. The lowest BCUT2D eigenvalue weighted by Gasteiger charge is -2.32. The van der Waals surface area contributed by atoms with E-state index in [0.717, 1.165) is 17.2 Å². The third-order valence-electron chi connectivity index (χ3n) is 4.02. The number of nitrogens with one attached hydrogen (secondary N) is 1. The van der Waals surface area contributed by atoms with Crippen LogP contribution in [0.15, 0.2) is 18.2 Å². The third-order valence-corrected chi connectivity index (χ3v) is 4.55. The molecule has 0 bridgehead atoms. The maximum Gasteiger partial charge on any atom is 0.105 e. The Morgan fingerprint density at radius 2 is 2.16 bits per heavy atom. The number of hydrogen-bond acceptors (Lipinski definition) is 2. The highest BCUT2D eigenvalue weighted by atomic mass is 35.5. The molecule has 104 valence electrons. The van der Waals surface area contributed by atoms with Crippen LogP contribution in [0.3, 0.4) is 0 Å². The van der Waals surface area contributed by atoms with E-state index < -0.39 is 0 Å². The summed E-state index contributed by atoms with van der Waals surface area (Å²) < 4.78 is 0. The minimum absolute atomic E-state index is 0.348. The molecule has 2 atom stereocenters. The van der Waals surface area contributed by atoms with Crippen LogP contribution >= 0.6 is 23.8 Å². The van der Waals surface area contributed by atoms with Gasteiger partial charge in [0.15, 0.2) is 0 Å². The van der Waals surface area contributed by atoms with Crippen LogP contribution < -0.4 is 11.1 Å². The summed E-state index contributed by atoms with van der Waals surface area (Å²) in [7, 11) is 0. The van der Waals surface area contributed by atoms with Crippen LogP contribution in [-0.4, -0.2) is 11.0 Å².